The molecule has 0 fully saturated rings. The highest BCUT2D eigenvalue weighted by Crippen LogP contribution is 2.22. The fourth-order valence-electron chi connectivity index (χ4n) is 1.96. The quantitative estimate of drug-likeness (QED) is 0.668. The molecular weight excluding hydrogens is 184 g/mol. The van der Waals surface area contributed by atoms with Gasteiger partial charge in [-0.1, -0.05) is 20.3 Å². The van der Waals surface area contributed by atoms with Gasteiger partial charge < -0.3 is 5.32 Å². The van der Waals surface area contributed by atoms with Gasteiger partial charge in [0.1, 0.15) is 0 Å². The molecule has 0 radical (unpaired) electrons. The van der Waals surface area contributed by atoms with Gasteiger partial charge in [-0.05, 0) is 38.2 Å². The molecule has 0 bridgehead atoms. The topological polar surface area (TPSA) is 24.4 Å². The first-order valence-corrected chi connectivity index (χ1v) is 5.94. The lowest BCUT2D eigenvalue weighted by molar-refractivity contribution is 0.506. The Morgan fingerprint density at radius 3 is 2.20 bits per heavy atom. The predicted octanol–water partition coefficient (Wildman–Crippen LogP) is 3.40. The van der Waals surface area contributed by atoms with E-state index in [1.54, 1.807) is 0 Å². The van der Waals surface area contributed by atoms with E-state index < -0.39 is 0 Å². The van der Waals surface area contributed by atoms with Crippen LogP contribution < -0.4 is 5.32 Å². The smallest absolute Gasteiger partial charge is 0.0360 e. The van der Waals surface area contributed by atoms with Crippen molar-refractivity contribution in [1.29, 1.82) is 0 Å². The van der Waals surface area contributed by atoms with Crippen molar-refractivity contribution in [2.75, 3.05) is 14.1 Å². The van der Waals surface area contributed by atoms with Crippen LogP contribution in [0.1, 0.15) is 47.0 Å². The van der Waals surface area contributed by atoms with Crippen molar-refractivity contribution in [3.63, 3.8) is 0 Å². The third-order valence-corrected chi connectivity index (χ3v) is 3.09. The molecule has 15 heavy (non-hydrogen) atoms. The Morgan fingerprint density at radius 2 is 1.87 bits per heavy atom. The Morgan fingerprint density at radius 1 is 1.27 bits per heavy atom. The van der Waals surface area contributed by atoms with E-state index in [1.807, 2.05) is 14.1 Å². The average Bonchev–Trinajstić information content (AvgIpc) is 2.27. The maximum Gasteiger partial charge on any atom is 0.0360 e. The molecule has 1 unspecified atom stereocenters. The van der Waals surface area contributed by atoms with Crippen LogP contribution in [0.25, 0.3) is 0 Å². The molecule has 0 aromatic carbocycles. The molecule has 0 amide bonds. The summed E-state index contributed by atoms with van der Waals surface area (Å²) >= 11 is 0. The van der Waals surface area contributed by atoms with Gasteiger partial charge in [-0.2, -0.15) is 0 Å². The van der Waals surface area contributed by atoms with Gasteiger partial charge in [0, 0.05) is 25.5 Å². The molecule has 0 aliphatic heterocycles. The van der Waals surface area contributed by atoms with Crippen molar-refractivity contribution < 1.29 is 0 Å². The standard InChI is InChI=1S/C13H26N2/c1-7-9-12(8-2)13(15-6)10(3)11(4)14-5/h12,15H,7-9H2,1-6H3/b13-10-,14-11-. The summed E-state index contributed by atoms with van der Waals surface area (Å²) in [5.41, 5.74) is 3.80. The zero-order valence-electron chi connectivity index (χ0n) is 11.1. The van der Waals surface area contributed by atoms with Crippen LogP contribution in [-0.4, -0.2) is 19.8 Å². The number of rotatable bonds is 6. The summed E-state index contributed by atoms with van der Waals surface area (Å²) in [7, 11) is 3.87. The lowest BCUT2D eigenvalue weighted by Gasteiger charge is -2.21. The van der Waals surface area contributed by atoms with Crippen LogP contribution in [0.5, 0.6) is 0 Å². The first-order valence-electron chi connectivity index (χ1n) is 5.94. The van der Waals surface area contributed by atoms with Crippen molar-refractivity contribution in [1.82, 2.24) is 5.32 Å². The second kappa shape index (κ2) is 7.49. The fourth-order valence-corrected chi connectivity index (χ4v) is 1.96. The molecule has 2 nitrogen and oxygen atoms in total. The first kappa shape index (κ1) is 14.2. The van der Waals surface area contributed by atoms with Crippen LogP contribution in [0, 0.1) is 5.92 Å². The van der Waals surface area contributed by atoms with Crippen molar-refractivity contribution in [3.05, 3.63) is 11.3 Å². The van der Waals surface area contributed by atoms with Gasteiger partial charge in [0.15, 0.2) is 0 Å². The minimum absolute atomic E-state index is 0.650. The van der Waals surface area contributed by atoms with Crippen LogP contribution in [-0.2, 0) is 0 Å². The first-order chi connectivity index (χ1) is 7.12. The van der Waals surface area contributed by atoms with Gasteiger partial charge in [-0.25, -0.2) is 0 Å². The molecule has 88 valence electrons. The molecule has 0 rings (SSSR count). The molecule has 0 spiro atoms. The predicted molar refractivity (Wildman–Crippen MR) is 69.5 cm³/mol. The lowest BCUT2D eigenvalue weighted by atomic mass is 9.92. The number of allylic oxidation sites excluding steroid dienone is 2. The van der Waals surface area contributed by atoms with Crippen molar-refractivity contribution in [2.24, 2.45) is 10.9 Å². The van der Waals surface area contributed by atoms with Gasteiger partial charge in [-0.15, -0.1) is 0 Å². The molecule has 0 aromatic rings. The summed E-state index contributed by atoms with van der Waals surface area (Å²) in [6.07, 6.45) is 3.68. The van der Waals surface area contributed by atoms with Crippen LogP contribution in [0.3, 0.4) is 0 Å². The Kier molecular flexibility index (Phi) is 7.10. The summed E-state index contributed by atoms with van der Waals surface area (Å²) in [4.78, 5) is 4.25. The van der Waals surface area contributed by atoms with E-state index in [0.717, 1.165) is 5.71 Å². The minimum Gasteiger partial charge on any atom is -0.391 e. The van der Waals surface area contributed by atoms with Crippen LogP contribution in [0.4, 0.5) is 0 Å². The largest absolute Gasteiger partial charge is 0.391 e. The van der Waals surface area contributed by atoms with E-state index in [9.17, 15) is 0 Å². The molecule has 0 aliphatic carbocycles. The highest BCUT2D eigenvalue weighted by molar-refractivity contribution is 5.98. The third-order valence-electron chi connectivity index (χ3n) is 3.09. The zero-order valence-corrected chi connectivity index (χ0v) is 11.1. The maximum atomic E-state index is 4.25. The second-order valence-corrected chi connectivity index (χ2v) is 3.99. The Bertz CT molecular complexity index is 239. The normalized spacial score (nSPS) is 16.0. The van der Waals surface area contributed by atoms with E-state index >= 15 is 0 Å². The number of hydrogen-bond donors (Lipinski definition) is 1. The monoisotopic (exact) mass is 210 g/mol. The number of aliphatic imine (C=N–C) groups is 1. The van der Waals surface area contributed by atoms with E-state index in [0.29, 0.717) is 5.92 Å². The Balaban J connectivity index is 4.99. The van der Waals surface area contributed by atoms with E-state index in [1.165, 1.54) is 30.5 Å². The van der Waals surface area contributed by atoms with Gasteiger partial charge >= 0.3 is 0 Å². The molecule has 0 aromatic heterocycles. The summed E-state index contributed by atoms with van der Waals surface area (Å²) in [6.45, 7) is 8.73. The number of hydrogen-bond acceptors (Lipinski definition) is 2. The number of nitrogens with zero attached hydrogens (tertiary/aromatic N) is 1. The van der Waals surface area contributed by atoms with E-state index in [-0.39, 0.29) is 0 Å². The highest BCUT2D eigenvalue weighted by Gasteiger charge is 2.13. The molecule has 2 heteroatoms. The van der Waals surface area contributed by atoms with Crippen molar-refractivity contribution in [2.45, 2.75) is 47.0 Å². The molecule has 1 atom stereocenters. The van der Waals surface area contributed by atoms with Crippen LogP contribution in [0.2, 0.25) is 0 Å². The van der Waals surface area contributed by atoms with Gasteiger partial charge in [0.25, 0.3) is 0 Å². The molecule has 0 aliphatic rings. The van der Waals surface area contributed by atoms with Gasteiger partial charge in [-0.3, -0.25) is 4.99 Å². The van der Waals surface area contributed by atoms with Crippen molar-refractivity contribution in [3.8, 4) is 0 Å². The Hall–Kier alpha value is -0.790. The fraction of sp³-hybridized carbons (Fsp3) is 0.769. The molecule has 0 saturated carbocycles. The Labute approximate surface area is 94.9 Å². The van der Waals surface area contributed by atoms with Gasteiger partial charge in [0.05, 0.1) is 0 Å². The number of nitrogens with one attached hydrogen (secondary N) is 1. The average molecular weight is 210 g/mol. The lowest BCUT2D eigenvalue weighted by Crippen LogP contribution is -2.20. The van der Waals surface area contributed by atoms with E-state index in [2.05, 4.69) is 38.0 Å². The molecule has 0 heterocycles. The SMILES string of the molecule is CCCC(CC)/C(NC)=C(C)/C(C)=N\C. The summed E-state index contributed by atoms with van der Waals surface area (Å²) < 4.78 is 0. The van der Waals surface area contributed by atoms with Crippen molar-refractivity contribution >= 4 is 5.71 Å². The maximum absolute atomic E-state index is 4.25. The molecular formula is C13H26N2. The zero-order chi connectivity index (χ0) is 11.8. The van der Waals surface area contributed by atoms with Crippen LogP contribution >= 0.6 is 0 Å². The highest BCUT2D eigenvalue weighted by atomic mass is 14.8. The van der Waals surface area contributed by atoms with Crippen LogP contribution in [0.15, 0.2) is 16.3 Å². The summed E-state index contributed by atoms with van der Waals surface area (Å²) in [6, 6.07) is 0. The molecule has 0 saturated heterocycles. The summed E-state index contributed by atoms with van der Waals surface area (Å²) in [5, 5.41) is 3.35. The second-order valence-electron chi connectivity index (χ2n) is 3.99. The van der Waals surface area contributed by atoms with E-state index in [4.69, 9.17) is 0 Å². The summed E-state index contributed by atoms with van der Waals surface area (Å²) in [5.74, 6) is 0.650. The minimum atomic E-state index is 0.650. The molecule has 1 N–H and O–H groups in total. The van der Waals surface area contributed by atoms with Gasteiger partial charge in [0.2, 0.25) is 0 Å². The third kappa shape index (κ3) is 4.06.